The van der Waals surface area contributed by atoms with Gasteiger partial charge >= 0.3 is 0 Å². The van der Waals surface area contributed by atoms with Crippen LogP contribution in [0.5, 0.6) is 5.75 Å². The standard InChI is InChI=1S/C14H15ClO/c1-8(2)12-7-11(16)6-10-4-5-13(15)9(3)14(10)12/h4-8,16H,1-3H3. The van der Waals surface area contributed by atoms with Crippen molar-refractivity contribution in [1.29, 1.82) is 0 Å². The van der Waals surface area contributed by atoms with E-state index in [4.69, 9.17) is 11.6 Å². The van der Waals surface area contributed by atoms with Gasteiger partial charge in [-0.1, -0.05) is 31.5 Å². The molecule has 0 spiro atoms. The number of fused-ring (bicyclic) bond motifs is 1. The van der Waals surface area contributed by atoms with Crippen LogP contribution in [0.4, 0.5) is 0 Å². The van der Waals surface area contributed by atoms with Crippen molar-refractivity contribution in [2.24, 2.45) is 0 Å². The zero-order chi connectivity index (χ0) is 11.9. The number of hydrogen-bond donors (Lipinski definition) is 1. The average molecular weight is 235 g/mol. The third kappa shape index (κ3) is 1.76. The summed E-state index contributed by atoms with van der Waals surface area (Å²) in [6.07, 6.45) is 0. The van der Waals surface area contributed by atoms with Crippen molar-refractivity contribution in [2.75, 3.05) is 0 Å². The minimum atomic E-state index is 0.318. The molecule has 84 valence electrons. The molecule has 1 nitrogen and oxygen atoms in total. The number of phenolic OH excluding ortho intramolecular Hbond substituents is 1. The highest BCUT2D eigenvalue weighted by Crippen LogP contribution is 2.34. The molecule has 2 aromatic carbocycles. The smallest absolute Gasteiger partial charge is 0.116 e. The van der Waals surface area contributed by atoms with Gasteiger partial charge in [0.1, 0.15) is 5.75 Å². The van der Waals surface area contributed by atoms with Crippen molar-refractivity contribution in [3.8, 4) is 5.75 Å². The highest BCUT2D eigenvalue weighted by atomic mass is 35.5. The van der Waals surface area contributed by atoms with Gasteiger partial charge in [-0.2, -0.15) is 0 Å². The lowest BCUT2D eigenvalue weighted by atomic mass is 9.93. The molecule has 0 atom stereocenters. The first kappa shape index (κ1) is 11.3. The molecule has 2 aromatic rings. The molecule has 0 amide bonds. The molecule has 0 aliphatic rings. The van der Waals surface area contributed by atoms with Crippen molar-refractivity contribution in [3.63, 3.8) is 0 Å². The van der Waals surface area contributed by atoms with Crippen molar-refractivity contribution in [3.05, 3.63) is 40.4 Å². The van der Waals surface area contributed by atoms with Crippen LogP contribution in [0.2, 0.25) is 5.02 Å². The summed E-state index contributed by atoms with van der Waals surface area (Å²) in [5.74, 6) is 0.685. The molecule has 0 aromatic heterocycles. The summed E-state index contributed by atoms with van der Waals surface area (Å²) in [5.41, 5.74) is 2.23. The molecule has 0 fully saturated rings. The Balaban J connectivity index is 2.92. The van der Waals surface area contributed by atoms with Crippen molar-refractivity contribution < 1.29 is 5.11 Å². The monoisotopic (exact) mass is 234 g/mol. The van der Waals surface area contributed by atoms with Gasteiger partial charge in [-0.15, -0.1) is 0 Å². The third-order valence-corrected chi connectivity index (χ3v) is 3.36. The highest BCUT2D eigenvalue weighted by molar-refractivity contribution is 6.32. The molecule has 2 rings (SSSR count). The molecule has 0 radical (unpaired) electrons. The quantitative estimate of drug-likeness (QED) is 0.763. The Morgan fingerprint density at radius 2 is 1.88 bits per heavy atom. The minimum Gasteiger partial charge on any atom is -0.508 e. The Labute approximate surface area is 101 Å². The number of hydrogen-bond acceptors (Lipinski definition) is 1. The fourth-order valence-electron chi connectivity index (χ4n) is 2.10. The molecule has 0 aliphatic carbocycles. The summed E-state index contributed by atoms with van der Waals surface area (Å²) >= 11 is 6.14. The van der Waals surface area contributed by atoms with E-state index in [1.807, 2.05) is 25.1 Å². The van der Waals surface area contributed by atoms with Crippen LogP contribution >= 0.6 is 11.6 Å². The van der Waals surface area contributed by atoms with Crippen LogP contribution in [0.25, 0.3) is 10.8 Å². The van der Waals surface area contributed by atoms with Crippen LogP contribution in [-0.4, -0.2) is 5.11 Å². The van der Waals surface area contributed by atoms with Gasteiger partial charge in [0.15, 0.2) is 0 Å². The second kappa shape index (κ2) is 3.99. The van der Waals surface area contributed by atoms with Gasteiger partial charge in [0, 0.05) is 5.02 Å². The van der Waals surface area contributed by atoms with E-state index in [9.17, 15) is 5.11 Å². The third-order valence-electron chi connectivity index (χ3n) is 2.95. The van der Waals surface area contributed by atoms with Gasteiger partial charge in [0.2, 0.25) is 0 Å². The molecular weight excluding hydrogens is 220 g/mol. The second-order valence-corrected chi connectivity index (χ2v) is 4.87. The Hall–Kier alpha value is -1.21. The Bertz CT molecular complexity index is 544. The maximum atomic E-state index is 9.69. The topological polar surface area (TPSA) is 20.2 Å². The van der Waals surface area contributed by atoms with Crippen LogP contribution in [0, 0.1) is 6.92 Å². The van der Waals surface area contributed by atoms with Gasteiger partial charge in [-0.3, -0.25) is 0 Å². The molecule has 0 heterocycles. The van der Waals surface area contributed by atoms with Crippen molar-refractivity contribution in [2.45, 2.75) is 26.7 Å². The van der Waals surface area contributed by atoms with Gasteiger partial charge in [0.05, 0.1) is 0 Å². The van der Waals surface area contributed by atoms with Crippen LogP contribution in [0.15, 0.2) is 24.3 Å². The van der Waals surface area contributed by atoms with Gasteiger partial charge < -0.3 is 5.11 Å². The van der Waals surface area contributed by atoms with Crippen LogP contribution in [0.3, 0.4) is 0 Å². The molecule has 0 saturated heterocycles. The van der Waals surface area contributed by atoms with Crippen LogP contribution in [-0.2, 0) is 0 Å². The molecule has 0 bridgehead atoms. The Morgan fingerprint density at radius 3 is 2.50 bits per heavy atom. The van der Waals surface area contributed by atoms with E-state index in [-0.39, 0.29) is 0 Å². The predicted molar refractivity (Wildman–Crippen MR) is 69.4 cm³/mol. The predicted octanol–water partition coefficient (Wildman–Crippen LogP) is 4.63. The van der Waals surface area contributed by atoms with Gasteiger partial charge in [0.25, 0.3) is 0 Å². The molecule has 16 heavy (non-hydrogen) atoms. The fourth-order valence-corrected chi connectivity index (χ4v) is 2.26. The molecule has 0 unspecified atom stereocenters. The summed E-state index contributed by atoms with van der Waals surface area (Å²) < 4.78 is 0. The van der Waals surface area contributed by atoms with Gasteiger partial charge in [-0.25, -0.2) is 0 Å². The lowest BCUT2D eigenvalue weighted by molar-refractivity contribution is 0.475. The van der Waals surface area contributed by atoms with E-state index >= 15 is 0 Å². The largest absolute Gasteiger partial charge is 0.508 e. The lowest BCUT2D eigenvalue weighted by Crippen LogP contribution is -1.92. The summed E-state index contributed by atoms with van der Waals surface area (Å²) in [6.45, 7) is 6.26. The summed E-state index contributed by atoms with van der Waals surface area (Å²) in [7, 11) is 0. The highest BCUT2D eigenvalue weighted by Gasteiger charge is 2.11. The zero-order valence-electron chi connectivity index (χ0n) is 9.71. The Morgan fingerprint density at radius 1 is 1.19 bits per heavy atom. The Kier molecular flexibility index (Phi) is 2.81. The van der Waals surface area contributed by atoms with E-state index < -0.39 is 0 Å². The minimum absolute atomic E-state index is 0.318. The molecule has 1 N–H and O–H groups in total. The SMILES string of the molecule is Cc1c(Cl)ccc2cc(O)cc(C(C)C)c12. The van der Waals surface area contributed by atoms with E-state index in [0.29, 0.717) is 11.7 Å². The van der Waals surface area contributed by atoms with E-state index in [2.05, 4.69) is 13.8 Å². The maximum Gasteiger partial charge on any atom is 0.116 e. The van der Waals surface area contributed by atoms with Crippen LogP contribution < -0.4 is 0 Å². The van der Waals surface area contributed by atoms with Crippen molar-refractivity contribution >= 4 is 22.4 Å². The van der Waals surface area contributed by atoms with Crippen molar-refractivity contribution in [1.82, 2.24) is 0 Å². The molecular formula is C14H15ClO. The fraction of sp³-hybridized carbons (Fsp3) is 0.286. The summed E-state index contributed by atoms with van der Waals surface area (Å²) in [4.78, 5) is 0. The molecule has 0 saturated carbocycles. The second-order valence-electron chi connectivity index (χ2n) is 4.46. The number of aryl methyl sites for hydroxylation is 1. The summed E-state index contributed by atoms with van der Waals surface area (Å²) in [5, 5.41) is 12.7. The first-order chi connectivity index (χ1) is 7.50. The van der Waals surface area contributed by atoms with Gasteiger partial charge in [-0.05, 0) is 52.9 Å². The molecule has 2 heteroatoms. The number of halogens is 1. The number of phenols is 1. The average Bonchev–Trinajstić information content (AvgIpc) is 2.22. The summed E-state index contributed by atoms with van der Waals surface area (Å²) in [6, 6.07) is 7.44. The number of aromatic hydroxyl groups is 1. The lowest BCUT2D eigenvalue weighted by Gasteiger charge is -2.14. The zero-order valence-corrected chi connectivity index (χ0v) is 10.5. The normalized spacial score (nSPS) is 11.3. The first-order valence-electron chi connectivity index (χ1n) is 5.42. The number of rotatable bonds is 1. The van der Waals surface area contributed by atoms with E-state index in [1.54, 1.807) is 6.07 Å². The maximum absolute atomic E-state index is 9.69. The molecule has 0 aliphatic heterocycles. The first-order valence-corrected chi connectivity index (χ1v) is 5.80. The number of benzene rings is 2. The van der Waals surface area contributed by atoms with E-state index in [0.717, 1.165) is 21.5 Å². The van der Waals surface area contributed by atoms with Crippen LogP contribution in [0.1, 0.15) is 30.9 Å². The van der Waals surface area contributed by atoms with E-state index in [1.165, 1.54) is 5.39 Å².